The van der Waals surface area contributed by atoms with Crippen molar-refractivity contribution in [2.45, 2.75) is 0 Å². The zero-order valence-corrected chi connectivity index (χ0v) is 22.0. The molecular formula is C37H23N3O. The topological polar surface area (TPSA) is 35.9 Å². The summed E-state index contributed by atoms with van der Waals surface area (Å²) >= 11 is 0. The van der Waals surface area contributed by atoms with E-state index < -0.39 is 0 Å². The van der Waals surface area contributed by atoms with Crippen LogP contribution in [0.15, 0.2) is 144 Å². The van der Waals surface area contributed by atoms with Crippen LogP contribution in [0.25, 0.3) is 77.4 Å². The Kier molecular flexibility index (Phi) is 4.58. The zero-order valence-electron chi connectivity index (χ0n) is 22.0. The molecule has 4 nitrogen and oxygen atoms in total. The first-order valence-electron chi connectivity index (χ1n) is 13.8. The van der Waals surface area contributed by atoms with Gasteiger partial charge in [-0.05, 0) is 65.7 Å². The Hall–Kier alpha value is -5.61. The highest BCUT2D eigenvalue weighted by Crippen LogP contribution is 2.39. The molecule has 4 aromatic heterocycles. The Balaban J connectivity index is 1.24. The van der Waals surface area contributed by atoms with Crippen LogP contribution >= 0.6 is 0 Å². The van der Waals surface area contributed by atoms with E-state index in [9.17, 15) is 0 Å². The Morgan fingerprint density at radius 3 is 1.78 bits per heavy atom. The normalized spacial score (nSPS) is 11.9. The molecular weight excluding hydrogens is 502 g/mol. The van der Waals surface area contributed by atoms with Crippen molar-refractivity contribution in [3.63, 3.8) is 0 Å². The first kappa shape index (κ1) is 22.2. The molecule has 0 saturated carbocycles. The van der Waals surface area contributed by atoms with Crippen LogP contribution in [-0.2, 0) is 0 Å². The lowest BCUT2D eigenvalue weighted by molar-refractivity contribution is 0.645. The molecule has 0 bridgehead atoms. The highest BCUT2D eigenvalue weighted by atomic mass is 16.3. The van der Waals surface area contributed by atoms with E-state index in [0.29, 0.717) is 0 Å². The van der Waals surface area contributed by atoms with Crippen molar-refractivity contribution in [1.29, 1.82) is 0 Å². The molecule has 0 spiro atoms. The molecule has 4 heterocycles. The predicted octanol–water partition coefficient (Wildman–Crippen LogP) is 9.69. The van der Waals surface area contributed by atoms with Gasteiger partial charge in [0, 0.05) is 33.7 Å². The van der Waals surface area contributed by atoms with Gasteiger partial charge in [-0.3, -0.25) is 9.55 Å². The molecule has 5 aromatic carbocycles. The number of hydrogen-bond acceptors (Lipinski definition) is 2. The lowest BCUT2D eigenvalue weighted by atomic mass is 10.0. The quantitative estimate of drug-likeness (QED) is 0.230. The summed E-state index contributed by atoms with van der Waals surface area (Å²) < 4.78 is 11.0. The summed E-state index contributed by atoms with van der Waals surface area (Å²) in [6.45, 7) is 0. The van der Waals surface area contributed by atoms with Crippen molar-refractivity contribution in [2.24, 2.45) is 0 Å². The molecule has 0 saturated heterocycles. The Labute approximate surface area is 235 Å². The van der Waals surface area contributed by atoms with E-state index in [1.807, 2.05) is 30.5 Å². The second kappa shape index (κ2) is 8.44. The van der Waals surface area contributed by atoms with Gasteiger partial charge >= 0.3 is 0 Å². The van der Waals surface area contributed by atoms with Crippen LogP contribution in [0.5, 0.6) is 0 Å². The molecule has 0 aliphatic rings. The summed E-state index contributed by atoms with van der Waals surface area (Å²) in [7, 11) is 0. The number of aromatic nitrogens is 3. The number of nitrogens with zero attached hydrogens (tertiary/aromatic N) is 3. The second-order valence-corrected chi connectivity index (χ2v) is 10.5. The number of para-hydroxylation sites is 3. The van der Waals surface area contributed by atoms with Crippen LogP contribution in [0.1, 0.15) is 0 Å². The number of pyridine rings is 1. The minimum absolute atomic E-state index is 0.816. The minimum atomic E-state index is 0.816. The molecule has 0 unspecified atom stereocenters. The van der Waals surface area contributed by atoms with Crippen molar-refractivity contribution in [1.82, 2.24) is 14.1 Å². The van der Waals surface area contributed by atoms with Gasteiger partial charge < -0.3 is 8.98 Å². The molecule has 9 rings (SSSR count). The maximum absolute atomic E-state index is 6.44. The number of benzene rings is 5. The fourth-order valence-corrected chi connectivity index (χ4v) is 6.40. The van der Waals surface area contributed by atoms with Crippen LogP contribution in [0, 0.1) is 0 Å². The van der Waals surface area contributed by atoms with Crippen molar-refractivity contribution < 1.29 is 4.42 Å². The van der Waals surface area contributed by atoms with Crippen molar-refractivity contribution in [2.75, 3.05) is 0 Å². The first-order valence-corrected chi connectivity index (χ1v) is 13.8. The van der Waals surface area contributed by atoms with E-state index in [0.717, 1.165) is 55.6 Å². The molecule has 41 heavy (non-hydrogen) atoms. The number of hydrogen-bond donors (Lipinski definition) is 0. The smallest absolute Gasteiger partial charge is 0.215 e. The predicted molar refractivity (Wildman–Crippen MR) is 168 cm³/mol. The summed E-state index contributed by atoms with van der Waals surface area (Å²) in [5, 5.41) is 4.66. The standard InChI is InChI=1S/C37H23N3O/c1-4-17-31-28(14-1)29-15-2-5-18-32(29)39(31)26-12-7-10-24(22-26)25-11-8-13-27(23-25)40-33-19-9-21-38-36(33)35-30-16-3-6-20-34(30)41-37(35)40/h1-23H. The SMILES string of the molecule is c1cc(-c2cccc(-n3c4cccnc4c4c5ccccc5oc43)c2)cc(-n2c3ccccc3c3ccccc32)c1. The van der Waals surface area contributed by atoms with Crippen molar-refractivity contribution >= 4 is 54.9 Å². The summed E-state index contributed by atoms with van der Waals surface area (Å²) in [6, 6.07) is 47.0. The van der Waals surface area contributed by atoms with E-state index in [2.05, 4.69) is 118 Å². The maximum atomic E-state index is 6.44. The van der Waals surface area contributed by atoms with Gasteiger partial charge in [-0.1, -0.05) is 78.9 Å². The largest absolute Gasteiger partial charge is 0.439 e. The fraction of sp³-hybridized carbons (Fsp3) is 0. The third-order valence-corrected chi connectivity index (χ3v) is 8.17. The molecule has 0 aliphatic carbocycles. The lowest BCUT2D eigenvalue weighted by Gasteiger charge is -2.12. The van der Waals surface area contributed by atoms with E-state index in [1.165, 1.54) is 21.8 Å². The van der Waals surface area contributed by atoms with Gasteiger partial charge in [0.1, 0.15) is 11.1 Å². The van der Waals surface area contributed by atoms with Gasteiger partial charge in [0.25, 0.3) is 0 Å². The summed E-state index contributed by atoms with van der Waals surface area (Å²) in [5.41, 5.74) is 10.6. The van der Waals surface area contributed by atoms with Crippen molar-refractivity contribution in [3.8, 4) is 22.5 Å². The van der Waals surface area contributed by atoms with Gasteiger partial charge in [-0.2, -0.15) is 0 Å². The summed E-state index contributed by atoms with van der Waals surface area (Å²) in [4.78, 5) is 4.76. The molecule has 0 aliphatic heterocycles. The molecule has 9 aromatic rings. The van der Waals surface area contributed by atoms with Crippen LogP contribution in [0.3, 0.4) is 0 Å². The molecule has 4 heteroatoms. The van der Waals surface area contributed by atoms with Crippen LogP contribution in [0.2, 0.25) is 0 Å². The molecule has 0 N–H and O–H groups in total. The average Bonchev–Trinajstić information content (AvgIpc) is 3.68. The monoisotopic (exact) mass is 525 g/mol. The van der Waals surface area contributed by atoms with Crippen LogP contribution in [-0.4, -0.2) is 14.1 Å². The van der Waals surface area contributed by atoms with Gasteiger partial charge in [0.2, 0.25) is 5.71 Å². The Morgan fingerprint density at radius 1 is 0.488 bits per heavy atom. The Morgan fingerprint density at radius 2 is 1.07 bits per heavy atom. The maximum Gasteiger partial charge on any atom is 0.215 e. The third-order valence-electron chi connectivity index (χ3n) is 8.17. The molecule has 192 valence electrons. The molecule has 0 atom stereocenters. The second-order valence-electron chi connectivity index (χ2n) is 10.5. The highest BCUT2D eigenvalue weighted by Gasteiger charge is 2.20. The lowest BCUT2D eigenvalue weighted by Crippen LogP contribution is -1.95. The molecule has 0 fully saturated rings. The zero-order chi connectivity index (χ0) is 26.9. The van der Waals surface area contributed by atoms with E-state index in [1.54, 1.807) is 0 Å². The first-order chi connectivity index (χ1) is 20.3. The average molecular weight is 526 g/mol. The Bertz CT molecular complexity index is 2390. The summed E-state index contributed by atoms with van der Waals surface area (Å²) in [5.74, 6) is 0. The van der Waals surface area contributed by atoms with E-state index >= 15 is 0 Å². The van der Waals surface area contributed by atoms with Crippen LogP contribution in [0.4, 0.5) is 0 Å². The molecule has 0 amide bonds. The number of fused-ring (bicyclic) bond motifs is 8. The van der Waals surface area contributed by atoms with Gasteiger partial charge in [-0.25, -0.2) is 0 Å². The van der Waals surface area contributed by atoms with Crippen LogP contribution < -0.4 is 0 Å². The van der Waals surface area contributed by atoms with Gasteiger partial charge in [0.05, 0.1) is 21.9 Å². The van der Waals surface area contributed by atoms with Crippen molar-refractivity contribution in [3.05, 3.63) is 140 Å². The highest BCUT2D eigenvalue weighted by molar-refractivity contribution is 6.18. The fourth-order valence-electron chi connectivity index (χ4n) is 6.40. The van der Waals surface area contributed by atoms with E-state index in [4.69, 9.17) is 9.40 Å². The molecule has 0 radical (unpaired) electrons. The van der Waals surface area contributed by atoms with E-state index in [-0.39, 0.29) is 0 Å². The minimum Gasteiger partial charge on any atom is -0.439 e. The van der Waals surface area contributed by atoms with Gasteiger partial charge in [0.15, 0.2) is 0 Å². The number of furan rings is 1. The number of rotatable bonds is 3. The summed E-state index contributed by atoms with van der Waals surface area (Å²) in [6.07, 6.45) is 1.85. The third kappa shape index (κ3) is 3.19. The van der Waals surface area contributed by atoms with Gasteiger partial charge in [-0.15, -0.1) is 0 Å².